The van der Waals surface area contributed by atoms with Crippen molar-refractivity contribution in [2.45, 2.75) is 32.5 Å². The quantitative estimate of drug-likeness (QED) is 0.865. The molecule has 1 saturated heterocycles. The average Bonchev–Trinajstić information content (AvgIpc) is 2.47. The number of amides is 1. The van der Waals surface area contributed by atoms with Gasteiger partial charge in [-0.05, 0) is 32.9 Å². The van der Waals surface area contributed by atoms with Gasteiger partial charge in [-0.3, -0.25) is 4.79 Å². The van der Waals surface area contributed by atoms with Gasteiger partial charge in [0.15, 0.2) is 6.10 Å². The highest BCUT2D eigenvalue weighted by Crippen LogP contribution is 2.20. The van der Waals surface area contributed by atoms with Gasteiger partial charge < -0.3 is 19.5 Å². The molecule has 1 aromatic rings. The van der Waals surface area contributed by atoms with Gasteiger partial charge in [0.2, 0.25) is 0 Å². The highest BCUT2D eigenvalue weighted by atomic mass is 16.6. The Labute approximate surface area is 129 Å². The van der Waals surface area contributed by atoms with Gasteiger partial charge in [0.25, 0.3) is 5.91 Å². The molecule has 0 bridgehead atoms. The van der Waals surface area contributed by atoms with Gasteiger partial charge in [0.1, 0.15) is 5.60 Å². The van der Waals surface area contributed by atoms with Crippen molar-refractivity contribution in [3.05, 3.63) is 29.8 Å². The largest absolute Gasteiger partial charge is 0.456 e. The van der Waals surface area contributed by atoms with Crippen LogP contribution in [0.3, 0.4) is 0 Å². The first-order chi connectivity index (χ1) is 10.4. The van der Waals surface area contributed by atoms with Crippen LogP contribution >= 0.6 is 0 Å². The molecule has 1 aromatic carbocycles. The van der Waals surface area contributed by atoms with Crippen molar-refractivity contribution in [3.8, 4) is 0 Å². The molecule has 0 saturated carbocycles. The van der Waals surface area contributed by atoms with Crippen LogP contribution in [-0.4, -0.2) is 43.4 Å². The predicted molar refractivity (Wildman–Crippen MR) is 80.8 cm³/mol. The van der Waals surface area contributed by atoms with Crippen molar-refractivity contribution in [1.29, 1.82) is 0 Å². The molecule has 2 rings (SSSR count). The van der Waals surface area contributed by atoms with E-state index in [2.05, 4.69) is 5.32 Å². The first kappa shape index (κ1) is 16.5. The molecular formula is C16H21NO5. The fourth-order valence-electron chi connectivity index (χ4n) is 1.96. The second kappa shape index (κ2) is 6.89. The second-order valence-electron chi connectivity index (χ2n) is 5.97. The Bertz CT molecular complexity index is 544. The molecule has 1 aliphatic heterocycles. The van der Waals surface area contributed by atoms with E-state index in [1.807, 2.05) is 0 Å². The van der Waals surface area contributed by atoms with E-state index in [0.29, 0.717) is 24.5 Å². The molecule has 1 aliphatic rings. The molecule has 0 aromatic heterocycles. The third-order valence-corrected chi connectivity index (χ3v) is 2.91. The fourth-order valence-corrected chi connectivity index (χ4v) is 1.96. The zero-order chi connectivity index (χ0) is 16.2. The Hall–Kier alpha value is -1.92. The number of carbonyl (C=O) groups excluding carboxylic acids is 2. The number of rotatable bonds is 3. The third kappa shape index (κ3) is 4.54. The summed E-state index contributed by atoms with van der Waals surface area (Å²) in [7, 11) is 0. The minimum Gasteiger partial charge on any atom is -0.456 e. The molecule has 22 heavy (non-hydrogen) atoms. The standard InChI is InChI=1S/C16H21NO5/c1-16(2,3)22-15(19)11-6-4-5-7-12(11)17-14(18)13-10-20-8-9-21-13/h4-7,13H,8-10H2,1-3H3,(H,17,18). The maximum Gasteiger partial charge on any atom is 0.340 e. The van der Waals surface area contributed by atoms with Gasteiger partial charge in [-0.2, -0.15) is 0 Å². The summed E-state index contributed by atoms with van der Waals surface area (Å²) in [4.78, 5) is 24.4. The van der Waals surface area contributed by atoms with Crippen LogP contribution in [0.15, 0.2) is 24.3 Å². The zero-order valence-corrected chi connectivity index (χ0v) is 13.0. The number of carbonyl (C=O) groups is 2. The van der Waals surface area contributed by atoms with Gasteiger partial charge in [-0.15, -0.1) is 0 Å². The average molecular weight is 307 g/mol. The molecular weight excluding hydrogens is 286 g/mol. The van der Waals surface area contributed by atoms with E-state index >= 15 is 0 Å². The summed E-state index contributed by atoms with van der Waals surface area (Å²) in [5.74, 6) is -0.820. The van der Waals surface area contributed by atoms with Crippen LogP contribution < -0.4 is 5.32 Å². The summed E-state index contributed by atoms with van der Waals surface area (Å²) in [6.45, 7) is 6.45. The SMILES string of the molecule is CC(C)(C)OC(=O)c1ccccc1NC(=O)C1COCCO1. The Kier molecular flexibility index (Phi) is 5.15. The number of hydrogen-bond donors (Lipinski definition) is 1. The molecule has 0 aliphatic carbocycles. The second-order valence-corrected chi connectivity index (χ2v) is 5.97. The molecule has 1 atom stereocenters. The number of hydrogen-bond acceptors (Lipinski definition) is 5. The maximum absolute atomic E-state index is 12.2. The minimum absolute atomic E-state index is 0.209. The lowest BCUT2D eigenvalue weighted by Crippen LogP contribution is -2.39. The number of para-hydroxylation sites is 1. The van der Waals surface area contributed by atoms with E-state index in [0.717, 1.165) is 0 Å². The molecule has 1 N–H and O–H groups in total. The Morgan fingerprint density at radius 3 is 2.59 bits per heavy atom. The lowest BCUT2D eigenvalue weighted by molar-refractivity contribution is -0.142. The van der Waals surface area contributed by atoms with Crippen molar-refractivity contribution in [1.82, 2.24) is 0 Å². The van der Waals surface area contributed by atoms with Crippen LogP contribution in [-0.2, 0) is 19.0 Å². The van der Waals surface area contributed by atoms with E-state index in [-0.39, 0.29) is 12.5 Å². The van der Waals surface area contributed by atoms with E-state index in [1.54, 1.807) is 45.0 Å². The van der Waals surface area contributed by atoms with Crippen molar-refractivity contribution in [2.75, 3.05) is 25.1 Å². The van der Waals surface area contributed by atoms with Gasteiger partial charge in [-0.1, -0.05) is 12.1 Å². The Balaban J connectivity index is 2.10. The third-order valence-electron chi connectivity index (χ3n) is 2.91. The molecule has 1 fully saturated rings. The van der Waals surface area contributed by atoms with E-state index in [4.69, 9.17) is 14.2 Å². The maximum atomic E-state index is 12.2. The smallest absolute Gasteiger partial charge is 0.340 e. The molecule has 0 radical (unpaired) electrons. The van der Waals surface area contributed by atoms with Crippen molar-refractivity contribution in [3.63, 3.8) is 0 Å². The molecule has 0 spiro atoms. The minimum atomic E-state index is -0.666. The Morgan fingerprint density at radius 2 is 1.95 bits per heavy atom. The summed E-state index contributed by atoms with van der Waals surface area (Å²) in [6.07, 6.45) is -0.666. The molecule has 1 amide bonds. The van der Waals surface area contributed by atoms with Gasteiger partial charge >= 0.3 is 5.97 Å². The molecule has 6 heteroatoms. The topological polar surface area (TPSA) is 73.9 Å². The van der Waals surface area contributed by atoms with E-state index in [1.165, 1.54) is 0 Å². The summed E-state index contributed by atoms with van der Waals surface area (Å²) in [6, 6.07) is 6.72. The first-order valence-corrected chi connectivity index (χ1v) is 7.19. The number of nitrogens with one attached hydrogen (secondary N) is 1. The van der Waals surface area contributed by atoms with Crippen LogP contribution in [0.4, 0.5) is 5.69 Å². The molecule has 6 nitrogen and oxygen atoms in total. The van der Waals surface area contributed by atoms with Crippen LogP contribution in [0, 0.1) is 0 Å². The first-order valence-electron chi connectivity index (χ1n) is 7.19. The summed E-state index contributed by atoms with van der Waals surface area (Å²) >= 11 is 0. The van der Waals surface area contributed by atoms with E-state index in [9.17, 15) is 9.59 Å². The highest BCUT2D eigenvalue weighted by Gasteiger charge is 2.25. The van der Waals surface area contributed by atoms with Crippen molar-refractivity contribution < 1.29 is 23.8 Å². The molecule has 1 heterocycles. The van der Waals surface area contributed by atoms with Crippen LogP contribution in [0.2, 0.25) is 0 Å². The normalized spacial score (nSPS) is 18.6. The summed E-state index contributed by atoms with van der Waals surface area (Å²) in [5, 5.41) is 2.70. The van der Waals surface area contributed by atoms with Crippen LogP contribution in [0.25, 0.3) is 0 Å². The number of benzene rings is 1. The molecule has 120 valence electrons. The fraction of sp³-hybridized carbons (Fsp3) is 0.500. The summed E-state index contributed by atoms with van der Waals surface area (Å²) in [5.41, 5.74) is 0.104. The van der Waals surface area contributed by atoms with E-state index < -0.39 is 17.7 Å². The Morgan fingerprint density at radius 1 is 1.23 bits per heavy atom. The lowest BCUT2D eigenvalue weighted by Gasteiger charge is -2.23. The number of anilines is 1. The van der Waals surface area contributed by atoms with Gasteiger partial charge in [0.05, 0.1) is 31.1 Å². The van der Waals surface area contributed by atoms with Gasteiger partial charge in [0, 0.05) is 0 Å². The molecule has 1 unspecified atom stereocenters. The monoisotopic (exact) mass is 307 g/mol. The highest BCUT2D eigenvalue weighted by molar-refractivity contribution is 6.02. The number of ether oxygens (including phenoxy) is 3. The van der Waals surface area contributed by atoms with Crippen LogP contribution in [0.1, 0.15) is 31.1 Å². The number of esters is 1. The van der Waals surface area contributed by atoms with Crippen molar-refractivity contribution in [2.24, 2.45) is 0 Å². The van der Waals surface area contributed by atoms with Gasteiger partial charge in [-0.25, -0.2) is 4.79 Å². The zero-order valence-electron chi connectivity index (χ0n) is 13.0. The van der Waals surface area contributed by atoms with Crippen LogP contribution in [0.5, 0.6) is 0 Å². The summed E-state index contributed by atoms with van der Waals surface area (Å²) < 4.78 is 15.9. The predicted octanol–water partition coefficient (Wildman–Crippen LogP) is 2.00. The van der Waals surface area contributed by atoms with Crippen molar-refractivity contribution >= 4 is 17.6 Å². The lowest BCUT2D eigenvalue weighted by atomic mass is 10.1.